The van der Waals surface area contributed by atoms with Crippen LogP contribution in [0.25, 0.3) is 0 Å². The number of benzene rings is 1. The maximum Gasteiger partial charge on any atom is 0.235 e. The van der Waals surface area contributed by atoms with Gasteiger partial charge in [0.2, 0.25) is 6.08 Å². The van der Waals surface area contributed by atoms with Crippen molar-refractivity contribution in [3.63, 3.8) is 0 Å². The molecule has 1 saturated carbocycles. The monoisotopic (exact) mass is 313 g/mol. The van der Waals surface area contributed by atoms with Crippen LogP contribution in [-0.2, 0) is 10.3 Å². The molecule has 1 aromatic carbocycles. The molecule has 2 aliphatic rings. The predicted octanol–water partition coefficient (Wildman–Crippen LogP) is 2.68. The van der Waals surface area contributed by atoms with Crippen molar-refractivity contribution < 1.29 is 18.7 Å². The molecule has 1 aliphatic heterocycles. The number of halogens is 2. The van der Waals surface area contributed by atoms with E-state index < -0.39 is 11.4 Å². The number of fused-ring (bicyclic) bond motifs is 1. The van der Waals surface area contributed by atoms with Gasteiger partial charge in [0.25, 0.3) is 0 Å². The number of hydrogen-bond acceptors (Lipinski definition) is 4. The van der Waals surface area contributed by atoms with Crippen LogP contribution in [0.3, 0.4) is 0 Å². The molecule has 6 heteroatoms. The van der Waals surface area contributed by atoms with Gasteiger partial charge >= 0.3 is 0 Å². The number of aliphatic imine (C=N–C) groups is 1. The Morgan fingerprint density at radius 1 is 1.39 bits per heavy atom. The molecule has 0 amide bonds. The minimum absolute atomic E-state index is 0.224. The predicted molar refractivity (Wildman–Crippen MR) is 64.1 cm³/mol. The normalized spacial score (nSPS) is 19.0. The Bertz CT molecular complexity index is 565. The van der Waals surface area contributed by atoms with Gasteiger partial charge in [0.1, 0.15) is 24.6 Å². The summed E-state index contributed by atoms with van der Waals surface area (Å²) in [5.74, 6) is 0.404. The molecule has 0 spiro atoms. The second-order valence-electron chi connectivity index (χ2n) is 4.31. The lowest BCUT2D eigenvalue weighted by molar-refractivity contribution is 0.169. The lowest BCUT2D eigenvalue weighted by atomic mass is 10.0. The lowest BCUT2D eigenvalue weighted by Gasteiger charge is -2.22. The van der Waals surface area contributed by atoms with Gasteiger partial charge in [-0.3, -0.25) is 0 Å². The van der Waals surface area contributed by atoms with E-state index in [-0.39, 0.29) is 4.47 Å². The van der Waals surface area contributed by atoms with E-state index in [9.17, 15) is 9.18 Å². The van der Waals surface area contributed by atoms with Crippen LogP contribution in [0, 0.1) is 5.82 Å². The summed E-state index contributed by atoms with van der Waals surface area (Å²) in [5.41, 5.74) is -0.397. The second kappa shape index (κ2) is 4.07. The second-order valence-corrected chi connectivity index (χ2v) is 5.10. The van der Waals surface area contributed by atoms with Crippen molar-refractivity contribution in [2.45, 2.75) is 18.4 Å². The molecule has 0 N–H and O–H groups in total. The van der Waals surface area contributed by atoms with Gasteiger partial charge in [-0.05, 0) is 34.8 Å². The van der Waals surface area contributed by atoms with Crippen LogP contribution >= 0.6 is 15.9 Å². The third kappa shape index (κ3) is 1.64. The van der Waals surface area contributed by atoms with E-state index >= 15 is 0 Å². The van der Waals surface area contributed by atoms with Crippen LogP contribution in [0.2, 0.25) is 0 Å². The highest BCUT2D eigenvalue weighted by molar-refractivity contribution is 9.10. The summed E-state index contributed by atoms with van der Waals surface area (Å²) < 4.78 is 25.3. The zero-order valence-corrected chi connectivity index (χ0v) is 10.9. The fraction of sp³-hybridized carbons (Fsp3) is 0.417. The SMILES string of the molecule is O=C=NC1(c2cc3c(c(Br)c2F)OCCO3)CC1. The average Bonchev–Trinajstić information content (AvgIpc) is 3.15. The summed E-state index contributed by atoms with van der Waals surface area (Å²) in [6.07, 6.45) is 2.80. The van der Waals surface area contributed by atoms with Gasteiger partial charge in [-0.1, -0.05) is 0 Å². The summed E-state index contributed by atoms with van der Waals surface area (Å²) in [4.78, 5) is 14.2. The molecule has 1 heterocycles. The highest BCUT2D eigenvalue weighted by atomic mass is 79.9. The first-order valence-electron chi connectivity index (χ1n) is 5.55. The Morgan fingerprint density at radius 3 is 2.78 bits per heavy atom. The van der Waals surface area contributed by atoms with Crippen LogP contribution in [0.15, 0.2) is 15.5 Å². The Hall–Kier alpha value is -1.39. The summed E-state index contributed by atoms with van der Waals surface area (Å²) in [5, 5.41) is 0. The molecule has 1 aromatic rings. The Kier molecular flexibility index (Phi) is 2.64. The molecule has 0 radical (unpaired) electrons. The standard InChI is InChI=1S/C12H9BrFNO3/c13-9-10(14)7(12(1-2-12)15-6-16)5-8-11(9)18-4-3-17-8/h5H,1-4H2. The van der Waals surface area contributed by atoms with Gasteiger partial charge in [0, 0.05) is 5.56 Å². The third-order valence-corrected chi connectivity index (χ3v) is 3.91. The first kappa shape index (κ1) is 11.7. The number of hydrogen-bond donors (Lipinski definition) is 0. The highest BCUT2D eigenvalue weighted by Crippen LogP contribution is 2.54. The maximum absolute atomic E-state index is 14.3. The zero-order chi connectivity index (χ0) is 12.8. The topological polar surface area (TPSA) is 47.9 Å². The van der Waals surface area contributed by atoms with Crippen LogP contribution < -0.4 is 9.47 Å². The largest absolute Gasteiger partial charge is 0.486 e. The zero-order valence-electron chi connectivity index (χ0n) is 9.33. The van der Waals surface area contributed by atoms with E-state index in [1.54, 1.807) is 6.07 Å². The minimum atomic E-state index is -0.760. The van der Waals surface area contributed by atoms with Gasteiger partial charge in [-0.2, -0.15) is 4.99 Å². The quantitative estimate of drug-likeness (QED) is 0.623. The summed E-state index contributed by atoms with van der Waals surface area (Å²) >= 11 is 3.17. The fourth-order valence-corrected chi connectivity index (χ4v) is 2.63. The van der Waals surface area contributed by atoms with Gasteiger partial charge < -0.3 is 9.47 Å². The van der Waals surface area contributed by atoms with Crippen molar-refractivity contribution in [1.82, 2.24) is 0 Å². The number of isocyanates is 1. The lowest BCUT2D eigenvalue weighted by Crippen LogP contribution is -2.18. The van der Waals surface area contributed by atoms with E-state index in [0.29, 0.717) is 43.1 Å². The van der Waals surface area contributed by atoms with E-state index in [4.69, 9.17) is 9.47 Å². The van der Waals surface area contributed by atoms with Gasteiger partial charge in [0.15, 0.2) is 11.5 Å². The van der Waals surface area contributed by atoms with E-state index in [1.165, 1.54) is 6.08 Å². The number of ether oxygens (including phenoxy) is 2. The third-order valence-electron chi connectivity index (χ3n) is 3.20. The maximum atomic E-state index is 14.3. The van der Waals surface area contributed by atoms with Crippen molar-refractivity contribution in [1.29, 1.82) is 0 Å². The summed E-state index contributed by atoms with van der Waals surface area (Å²) in [6.45, 7) is 0.816. The van der Waals surface area contributed by atoms with Crippen molar-refractivity contribution in [2.24, 2.45) is 4.99 Å². The number of rotatable bonds is 2. The molecule has 0 aromatic heterocycles. The molecule has 0 unspecified atom stereocenters. The smallest absolute Gasteiger partial charge is 0.235 e. The van der Waals surface area contributed by atoms with Crippen molar-refractivity contribution in [3.8, 4) is 11.5 Å². The summed E-state index contributed by atoms with van der Waals surface area (Å²) in [7, 11) is 0. The average molecular weight is 314 g/mol. The molecule has 0 bridgehead atoms. The van der Waals surface area contributed by atoms with Gasteiger partial charge in [-0.25, -0.2) is 9.18 Å². The van der Waals surface area contributed by atoms with Crippen LogP contribution in [-0.4, -0.2) is 19.3 Å². The summed E-state index contributed by atoms with van der Waals surface area (Å²) in [6, 6.07) is 1.57. The molecular weight excluding hydrogens is 305 g/mol. The number of carbonyl (C=O) groups excluding carboxylic acids is 1. The van der Waals surface area contributed by atoms with Crippen LogP contribution in [0.4, 0.5) is 4.39 Å². The van der Waals surface area contributed by atoms with E-state index in [1.807, 2.05) is 0 Å². The van der Waals surface area contributed by atoms with E-state index in [0.717, 1.165) is 0 Å². The molecule has 1 fully saturated rings. The molecule has 0 saturated heterocycles. The Morgan fingerprint density at radius 2 is 2.11 bits per heavy atom. The van der Waals surface area contributed by atoms with Crippen molar-refractivity contribution in [2.75, 3.05) is 13.2 Å². The van der Waals surface area contributed by atoms with E-state index in [2.05, 4.69) is 20.9 Å². The fourth-order valence-electron chi connectivity index (χ4n) is 2.11. The minimum Gasteiger partial charge on any atom is -0.486 e. The molecule has 3 rings (SSSR count). The first-order chi connectivity index (χ1) is 8.68. The highest BCUT2D eigenvalue weighted by Gasteiger charge is 2.48. The van der Waals surface area contributed by atoms with Crippen LogP contribution in [0.5, 0.6) is 11.5 Å². The molecule has 4 nitrogen and oxygen atoms in total. The molecule has 1 aliphatic carbocycles. The van der Waals surface area contributed by atoms with Crippen molar-refractivity contribution in [3.05, 3.63) is 21.9 Å². The van der Waals surface area contributed by atoms with Gasteiger partial charge in [-0.15, -0.1) is 0 Å². The molecule has 0 atom stereocenters. The molecule has 18 heavy (non-hydrogen) atoms. The first-order valence-corrected chi connectivity index (χ1v) is 6.34. The molecular formula is C12H9BrFNO3. The molecule has 94 valence electrons. The van der Waals surface area contributed by atoms with Gasteiger partial charge in [0.05, 0.1) is 4.47 Å². The van der Waals surface area contributed by atoms with Crippen LogP contribution in [0.1, 0.15) is 18.4 Å². The Balaban J connectivity index is 2.16. The van der Waals surface area contributed by atoms with Crippen molar-refractivity contribution >= 4 is 22.0 Å². The Labute approximate surface area is 111 Å². The number of nitrogens with zero attached hydrogens (tertiary/aromatic N) is 1.